The van der Waals surface area contributed by atoms with Crippen LogP contribution in [-0.4, -0.2) is 26.2 Å². The van der Waals surface area contributed by atoms with Crippen molar-refractivity contribution in [2.75, 3.05) is 20.2 Å². The van der Waals surface area contributed by atoms with Crippen molar-refractivity contribution in [3.63, 3.8) is 0 Å². The highest BCUT2D eigenvalue weighted by molar-refractivity contribution is 14.0. The Morgan fingerprint density at radius 2 is 1.96 bits per heavy atom. The molecule has 2 aromatic rings. The lowest BCUT2D eigenvalue weighted by Crippen LogP contribution is -2.39. The molecule has 1 unspecified atom stereocenters. The molecule has 0 radical (unpaired) electrons. The van der Waals surface area contributed by atoms with Crippen LogP contribution in [0.3, 0.4) is 0 Å². The molecular weight excluding hydrogens is 433 g/mol. The van der Waals surface area contributed by atoms with Gasteiger partial charge >= 0.3 is 0 Å². The third kappa shape index (κ3) is 6.68. The monoisotopic (exact) mass is 459 g/mol. The van der Waals surface area contributed by atoms with Crippen LogP contribution in [-0.2, 0) is 6.54 Å². The van der Waals surface area contributed by atoms with Gasteiger partial charge in [-0.1, -0.05) is 25.1 Å². The summed E-state index contributed by atoms with van der Waals surface area (Å²) in [5.74, 6) is 2.19. The van der Waals surface area contributed by atoms with E-state index in [1.54, 1.807) is 18.4 Å². The van der Waals surface area contributed by atoms with E-state index in [2.05, 4.69) is 47.0 Å². The number of hydrogen-bond acceptors (Lipinski definition) is 3. The fourth-order valence-electron chi connectivity index (χ4n) is 2.17. The first-order valence-corrected chi connectivity index (χ1v) is 8.79. The van der Waals surface area contributed by atoms with Gasteiger partial charge in [0.2, 0.25) is 0 Å². The maximum absolute atomic E-state index is 5.17. The quantitative estimate of drug-likeness (QED) is 0.370. The van der Waals surface area contributed by atoms with Gasteiger partial charge in [-0.15, -0.1) is 35.3 Å². The summed E-state index contributed by atoms with van der Waals surface area (Å²) >= 11 is 1.80. The fraction of sp³-hybridized carbons (Fsp3) is 0.389. The predicted octanol–water partition coefficient (Wildman–Crippen LogP) is 4.23. The van der Waals surface area contributed by atoms with Gasteiger partial charge in [0.15, 0.2) is 5.96 Å². The van der Waals surface area contributed by atoms with Crippen molar-refractivity contribution < 1.29 is 4.74 Å². The number of thiophene rings is 1. The van der Waals surface area contributed by atoms with Gasteiger partial charge < -0.3 is 15.4 Å². The van der Waals surface area contributed by atoms with Gasteiger partial charge in [-0.3, -0.25) is 0 Å². The Morgan fingerprint density at radius 1 is 1.21 bits per heavy atom. The van der Waals surface area contributed by atoms with E-state index in [0.29, 0.717) is 12.5 Å². The summed E-state index contributed by atoms with van der Waals surface area (Å²) in [4.78, 5) is 6.04. The molecule has 0 aliphatic rings. The highest BCUT2D eigenvalue weighted by Crippen LogP contribution is 2.19. The third-order valence-electron chi connectivity index (χ3n) is 3.53. The normalized spacial score (nSPS) is 12.2. The summed E-state index contributed by atoms with van der Waals surface area (Å²) in [6.07, 6.45) is 0. The van der Waals surface area contributed by atoms with E-state index in [-0.39, 0.29) is 24.0 Å². The van der Waals surface area contributed by atoms with Gasteiger partial charge in [-0.05, 0) is 36.1 Å². The number of halogens is 1. The molecule has 24 heavy (non-hydrogen) atoms. The molecule has 1 aromatic heterocycles. The summed E-state index contributed by atoms with van der Waals surface area (Å²) in [6, 6.07) is 12.3. The van der Waals surface area contributed by atoms with Gasteiger partial charge in [0.1, 0.15) is 5.75 Å². The van der Waals surface area contributed by atoms with Crippen molar-refractivity contribution in [2.24, 2.45) is 4.99 Å². The standard InChI is InChI=1S/C18H25N3OS.HI/c1-4-19-18(20-12-14(2)17-6-5-11-23-17)21-13-15-7-9-16(22-3)10-8-15;/h5-11,14H,4,12-13H2,1-3H3,(H2,19,20,21);1H. The maximum atomic E-state index is 5.17. The molecule has 2 N–H and O–H groups in total. The van der Waals surface area contributed by atoms with Crippen LogP contribution in [0.15, 0.2) is 46.8 Å². The Kier molecular flexibility index (Phi) is 9.78. The highest BCUT2D eigenvalue weighted by atomic mass is 127. The van der Waals surface area contributed by atoms with Gasteiger partial charge in [-0.2, -0.15) is 0 Å². The van der Waals surface area contributed by atoms with Crippen molar-refractivity contribution in [3.05, 3.63) is 52.2 Å². The number of hydrogen-bond donors (Lipinski definition) is 2. The van der Waals surface area contributed by atoms with E-state index in [1.165, 1.54) is 4.88 Å². The molecular formula is C18H26IN3OS. The predicted molar refractivity (Wildman–Crippen MR) is 114 cm³/mol. The number of benzene rings is 1. The molecule has 0 fully saturated rings. The molecule has 1 aromatic carbocycles. The Morgan fingerprint density at radius 3 is 2.54 bits per heavy atom. The van der Waals surface area contributed by atoms with Crippen LogP contribution in [0.1, 0.15) is 30.2 Å². The molecule has 6 heteroatoms. The number of methoxy groups -OCH3 is 1. The van der Waals surface area contributed by atoms with Crippen molar-refractivity contribution in [2.45, 2.75) is 26.3 Å². The number of rotatable bonds is 7. The summed E-state index contributed by atoms with van der Waals surface area (Å²) in [7, 11) is 1.68. The third-order valence-corrected chi connectivity index (χ3v) is 4.63. The second-order valence-electron chi connectivity index (χ2n) is 5.34. The van der Waals surface area contributed by atoms with Crippen molar-refractivity contribution in [1.82, 2.24) is 10.6 Å². The van der Waals surface area contributed by atoms with E-state index in [1.807, 2.05) is 24.3 Å². The Balaban J connectivity index is 0.00000288. The lowest BCUT2D eigenvalue weighted by Gasteiger charge is -2.15. The zero-order chi connectivity index (χ0) is 16.5. The first kappa shape index (κ1) is 20.8. The van der Waals surface area contributed by atoms with E-state index in [0.717, 1.165) is 30.4 Å². The molecule has 132 valence electrons. The topological polar surface area (TPSA) is 45.7 Å². The molecule has 4 nitrogen and oxygen atoms in total. The molecule has 0 saturated carbocycles. The first-order valence-electron chi connectivity index (χ1n) is 7.91. The molecule has 0 spiro atoms. The average Bonchev–Trinajstić information content (AvgIpc) is 3.12. The number of aliphatic imine (C=N–C) groups is 1. The average molecular weight is 459 g/mol. The van der Waals surface area contributed by atoms with E-state index in [4.69, 9.17) is 4.74 Å². The van der Waals surface area contributed by atoms with Crippen LogP contribution in [0.25, 0.3) is 0 Å². The summed E-state index contributed by atoms with van der Waals surface area (Å²) < 4.78 is 5.17. The van der Waals surface area contributed by atoms with Crippen LogP contribution >= 0.6 is 35.3 Å². The number of nitrogens with zero attached hydrogens (tertiary/aromatic N) is 1. The molecule has 1 heterocycles. The van der Waals surface area contributed by atoms with Gasteiger partial charge in [0.05, 0.1) is 13.7 Å². The minimum atomic E-state index is 0. The zero-order valence-electron chi connectivity index (χ0n) is 14.4. The number of ether oxygens (including phenoxy) is 1. The minimum absolute atomic E-state index is 0. The van der Waals surface area contributed by atoms with E-state index >= 15 is 0 Å². The minimum Gasteiger partial charge on any atom is -0.497 e. The molecule has 1 atom stereocenters. The van der Waals surface area contributed by atoms with Crippen LogP contribution in [0.2, 0.25) is 0 Å². The van der Waals surface area contributed by atoms with Gasteiger partial charge in [-0.25, -0.2) is 4.99 Å². The molecule has 0 amide bonds. The summed E-state index contributed by atoms with van der Waals surface area (Å²) in [6.45, 7) is 6.67. The van der Waals surface area contributed by atoms with E-state index < -0.39 is 0 Å². The van der Waals surface area contributed by atoms with Crippen molar-refractivity contribution >= 4 is 41.3 Å². The second kappa shape index (κ2) is 11.3. The fourth-order valence-corrected chi connectivity index (χ4v) is 2.95. The summed E-state index contributed by atoms with van der Waals surface area (Å²) in [5.41, 5.74) is 1.16. The summed E-state index contributed by atoms with van der Waals surface area (Å²) in [5, 5.41) is 8.84. The number of nitrogens with one attached hydrogen (secondary N) is 2. The molecule has 2 rings (SSSR count). The largest absolute Gasteiger partial charge is 0.497 e. The van der Waals surface area contributed by atoms with Gasteiger partial charge in [0, 0.05) is 23.9 Å². The van der Waals surface area contributed by atoms with Crippen molar-refractivity contribution in [1.29, 1.82) is 0 Å². The number of guanidine groups is 1. The SMILES string of the molecule is CCNC(=NCc1ccc(OC)cc1)NCC(C)c1cccs1.I. The van der Waals surface area contributed by atoms with Crippen LogP contribution in [0, 0.1) is 0 Å². The molecule has 0 bridgehead atoms. The molecule has 0 aliphatic heterocycles. The van der Waals surface area contributed by atoms with Gasteiger partial charge in [0.25, 0.3) is 0 Å². The molecule has 0 saturated heterocycles. The Labute approximate surface area is 165 Å². The van der Waals surface area contributed by atoms with Crippen LogP contribution < -0.4 is 15.4 Å². The Hall–Kier alpha value is -1.28. The van der Waals surface area contributed by atoms with Crippen LogP contribution in [0.5, 0.6) is 5.75 Å². The van der Waals surface area contributed by atoms with Crippen molar-refractivity contribution in [3.8, 4) is 5.75 Å². The lowest BCUT2D eigenvalue weighted by atomic mass is 10.1. The van der Waals surface area contributed by atoms with E-state index in [9.17, 15) is 0 Å². The molecule has 0 aliphatic carbocycles. The zero-order valence-corrected chi connectivity index (χ0v) is 17.6. The van der Waals surface area contributed by atoms with Crippen LogP contribution in [0.4, 0.5) is 0 Å². The Bertz CT molecular complexity index is 599. The smallest absolute Gasteiger partial charge is 0.191 e. The maximum Gasteiger partial charge on any atom is 0.191 e. The lowest BCUT2D eigenvalue weighted by molar-refractivity contribution is 0.414. The second-order valence-corrected chi connectivity index (χ2v) is 6.32. The highest BCUT2D eigenvalue weighted by Gasteiger charge is 2.07. The first-order chi connectivity index (χ1) is 11.2.